The summed E-state index contributed by atoms with van der Waals surface area (Å²) in [6.07, 6.45) is 2.22. The van der Waals surface area contributed by atoms with E-state index in [1.807, 2.05) is 0 Å². The Bertz CT molecular complexity index is 312. The van der Waals surface area contributed by atoms with Crippen molar-refractivity contribution in [3.8, 4) is 0 Å². The highest BCUT2D eigenvalue weighted by Crippen LogP contribution is 2.30. The molecule has 0 saturated carbocycles. The van der Waals surface area contributed by atoms with E-state index in [4.69, 9.17) is 5.11 Å². The van der Waals surface area contributed by atoms with Gasteiger partial charge in [-0.1, -0.05) is 0 Å². The minimum atomic E-state index is -0.819. The summed E-state index contributed by atoms with van der Waals surface area (Å²) in [7, 11) is 0. The van der Waals surface area contributed by atoms with E-state index in [1.54, 1.807) is 0 Å². The Morgan fingerprint density at radius 2 is 1.71 bits per heavy atom. The predicted molar refractivity (Wildman–Crippen MR) is 63.1 cm³/mol. The van der Waals surface area contributed by atoms with Gasteiger partial charge in [0.15, 0.2) is 0 Å². The number of carbonyl (C=O) groups excluding carboxylic acids is 1. The zero-order chi connectivity index (χ0) is 12.5. The zero-order valence-electron chi connectivity index (χ0n) is 10.3. The summed E-state index contributed by atoms with van der Waals surface area (Å²) in [6, 6.07) is 0. The van der Waals surface area contributed by atoms with Crippen LogP contribution in [0.2, 0.25) is 0 Å². The van der Waals surface area contributed by atoms with E-state index < -0.39 is 6.09 Å². The summed E-state index contributed by atoms with van der Waals surface area (Å²) in [5.41, 5.74) is 0.0760. The third-order valence-corrected chi connectivity index (χ3v) is 4.20. The third kappa shape index (κ3) is 2.60. The first kappa shape index (κ1) is 12.4. The summed E-state index contributed by atoms with van der Waals surface area (Å²) in [5, 5.41) is 8.92. The largest absolute Gasteiger partial charge is 0.465 e. The van der Waals surface area contributed by atoms with Crippen LogP contribution in [-0.2, 0) is 4.79 Å². The van der Waals surface area contributed by atoms with Crippen molar-refractivity contribution in [2.75, 3.05) is 26.2 Å². The molecule has 2 rings (SSSR count). The summed E-state index contributed by atoms with van der Waals surface area (Å²) in [4.78, 5) is 25.9. The minimum Gasteiger partial charge on any atom is -0.465 e. The number of carbonyl (C=O) groups is 2. The maximum Gasteiger partial charge on any atom is 0.407 e. The second-order valence-electron chi connectivity index (χ2n) is 5.29. The van der Waals surface area contributed by atoms with Crippen LogP contribution in [0.3, 0.4) is 0 Å². The highest BCUT2D eigenvalue weighted by atomic mass is 16.4. The van der Waals surface area contributed by atoms with Gasteiger partial charge in [0.05, 0.1) is 0 Å². The molecule has 5 nitrogen and oxygen atoms in total. The SMILES string of the molecule is CC1(N2CCC(=O)CC2)CCN(C(=O)O)CC1. The van der Waals surface area contributed by atoms with Crippen molar-refractivity contribution in [2.45, 2.75) is 38.1 Å². The Balaban J connectivity index is 1.92. The van der Waals surface area contributed by atoms with Gasteiger partial charge < -0.3 is 10.0 Å². The summed E-state index contributed by atoms with van der Waals surface area (Å²) < 4.78 is 0. The maximum atomic E-state index is 11.2. The molecule has 2 aliphatic rings. The van der Waals surface area contributed by atoms with E-state index in [2.05, 4.69) is 11.8 Å². The van der Waals surface area contributed by atoms with Gasteiger partial charge in [0.1, 0.15) is 5.78 Å². The smallest absolute Gasteiger partial charge is 0.407 e. The van der Waals surface area contributed by atoms with Crippen LogP contribution in [0.4, 0.5) is 4.79 Å². The number of hydrogen-bond acceptors (Lipinski definition) is 3. The first-order valence-corrected chi connectivity index (χ1v) is 6.26. The molecule has 0 aromatic heterocycles. The highest BCUT2D eigenvalue weighted by Gasteiger charge is 2.37. The topological polar surface area (TPSA) is 60.9 Å². The monoisotopic (exact) mass is 240 g/mol. The average Bonchev–Trinajstić information content (AvgIpc) is 2.30. The first-order chi connectivity index (χ1) is 8.01. The number of hydrogen-bond donors (Lipinski definition) is 1. The maximum absolute atomic E-state index is 11.2. The summed E-state index contributed by atoms with van der Waals surface area (Å²) in [6.45, 7) is 5.08. The summed E-state index contributed by atoms with van der Waals surface area (Å²) >= 11 is 0. The molecule has 2 heterocycles. The molecule has 0 radical (unpaired) electrons. The second-order valence-corrected chi connectivity index (χ2v) is 5.29. The number of carboxylic acid groups (broad SMARTS) is 1. The molecule has 5 heteroatoms. The van der Waals surface area contributed by atoms with Crippen molar-refractivity contribution in [1.29, 1.82) is 0 Å². The number of rotatable bonds is 1. The van der Waals surface area contributed by atoms with Gasteiger partial charge in [-0.15, -0.1) is 0 Å². The van der Waals surface area contributed by atoms with Gasteiger partial charge in [-0.2, -0.15) is 0 Å². The molecule has 0 aliphatic carbocycles. The lowest BCUT2D eigenvalue weighted by Crippen LogP contribution is -2.56. The second kappa shape index (κ2) is 4.64. The number of nitrogens with zero attached hydrogens (tertiary/aromatic N) is 2. The third-order valence-electron chi connectivity index (χ3n) is 4.20. The lowest BCUT2D eigenvalue weighted by Gasteiger charge is -2.47. The molecule has 0 spiro atoms. The van der Waals surface area contributed by atoms with Gasteiger partial charge in [0, 0.05) is 44.6 Å². The number of ketones is 1. The Labute approximate surface area is 101 Å². The van der Waals surface area contributed by atoms with Crippen LogP contribution in [0.1, 0.15) is 32.6 Å². The Morgan fingerprint density at radius 1 is 1.18 bits per heavy atom. The van der Waals surface area contributed by atoms with Crippen molar-refractivity contribution in [3.05, 3.63) is 0 Å². The fourth-order valence-electron chi connectivity index (χ4n) is 2.79. The fourth-order valence-corrected chi connectivity index (χ4v) is 2.79. The molecule has 0 bridgehead atoms. The van der Waals surface area contributed by atoms with E-state index in [9.17, 15) is 9.59 Å². The van der Waals surface area contributed by atoms with Gasteiger partial charge in [-0.3, -0.25) is 9.69 Å². The number of amides is 1. The van der Waals surface area contributed by atoms with Gasteiger partial charge in [-0.25, -0.2) is 4.79 Å². The molecule has 0 atom stereocenters. The lowest BCUT2D eigenvalue weighted by molar-refractivity contribution is -0.123. The van der Waals surface area contributed by atoms with Crippen LogP contribution in [0, 0.1) is 0 Å². The molecule has 2 saturated heterocycles. The van der Waals surface area contributed by atoms with Crippen LogP contribution < -0.4 is 0 Å². The minimum absolute atomic E-state index is 0.0760. The Kier molecular flexibility index (Phi) is 3.38. The van der Waals surface area contributed by atoms with E-state index in [0.29, 0.717) is 31.7 Å². The van der Waals surface area contributed by atoms with Crippen molar-refractivity contribution in [1.82, 2.24) is 9.80 Å². The normalized spacial score (nSPS) is 25.9. The molecule has 2 aliphatic heterocycles. The molecule has 0 aromatic rings. The molecule has 1 amide bonds. The van der Waals surface area contributed by atoms with E-state index in [0.717, 1.165) is 25.9 Å². The molecule has 0 unspecified atom stereocenters. The average molecular weight is 240 g/mol. The van der Waals surface area contributed by atoms with Crippen LogP contribution in [0.25, 0.3) is 0 Å². The van der Waals surface area contributed by atoms with Gasteiger partial charge >= 0.3 is 6.09 Å². The molecule has 0 aromatic carbocycles. The molecule has 96 valence electrons. The summed E-state index contributed by atoms with van der Waals surface area (Å²) in [5.74, 6) is 0.354. The van der Waals surface area contributed by atoms with Gasteiger partial charge in [-0.05, 0) is 19.8 Å². The van der Waals surface area contributed by atoms with Crippen LogP contribution in [0.5, 0.6) is 0 Å². The van der Waals surface area contributed by atoms with Crippen LogP contribution in [0.15, 0.2) is 0 Å². The quantitative estimate of drug-likeness (QED) is 0.747. The van der Waals surface area contributed by atoms with E-state index in [1.165, 1.54) is 4.90 Å². The molecular weight excluding hydrogens is 220 g/mol. The van der Waals surface area contributed by atoms with E-state index in [-0.39, 0.29) is 5.54 Å². The predicted octanol–water partition coefficient (Wildman–Crippen LogP) is 1.18. The molecule has 17 heavy (non-hydrogen) atoms. The molecule has 2 fully saturated rings. The van der Waals surface area contributed by atoms with E-state index >= 15 is 0 Å². The van der Waals surface area contributed by atoms with Crippen molar-refractivity contribution in [2.24, 2.45) is 0 Å². The Morgan fingerprint density at radius 3 is 2.18 bits per heavy atom. The van der Waals surface area contributed by atoms with Crippen molar-refractivity contribution in [3.63, 3.8) is 0 Å². The van der Waals surface area contributed by atoms with Gasteiger partial charge in [0.2, 0.25) is 0 Å². The number of piperidine rings is 2. The fraction of sp³-hybridized carbons (Fsp3) is 0.833. The number of likely N-dealkylation sites (tertiary alicyclic amines) is 2. The van der Waals surface area contributed by atoms with Crippen LogP contribution >= 0.6 is 0 Å². The number of Topliss-reactive ketones (excluding diaryl/α,β-unsaturated/α-hetero) is 1. The zero-order valence-corrected chi connectivity index (χ0v) is 10.3. The lowest BCUT2D eigenvalue weighted by atomic mass is 9.86. The molecule has 1 N–H and O–H groups in total. The Hall–Kier alpha value is -1.10. The molecular formula is C12H20N2O3. The van der Waals surface area contributed by atoms with Gasteiger partial charge in [0.25, 0.3) is 0 Å². The van der Waals surface area contributed by atoms with Crippen LogP contribution in [-0.4, -0.2) is 58.5 Å². The van der Waals surface area contributed by atoms with Crippen molar-refractivity contribution < 1.29 is 14.7 Å². The standard InChI is InChI=1S/C12H20N2O3/c1-12(14-6-2-10(15)3-7-14)4-8-13(9-5-12)11(16)17/h2-9H2,1H3,(H,16,17). The first-order valence-electron chi connectivity index (χ1n) is 6.26. The highest BCUT2D eigenvalue weighted by molar-refractivity contribution is 5.79. The van der Waals surface area contributed by atoms with Crippen molar-refractivity contribution >= 4 is 11.9 Å².